The molecule has 1 atom stereocenters. The van der Waals surface area contributed by atoms with Gasteiger partial charge in [-0.2, -0.15) is 4.98 Å². The van der Waals surface area contributed by atoms with Crippen molar-refractivity contribution in [3.8, 4) is 11.4 Å². The standard InChI is InChI=1S/C20H28N6O3/c1-13(2)16(19-23-17(24-29-19)15-6-5-9-21-12-15)22-18(27)14-7-10-26(11-8-14)20(28)25(3)4/h5-6,9,12-14,16H,7-8,10-11H2,1-4H3,(H,22,27). The fourth-order valence-electron chi connectivity index (χ4n) is 3.37. The van der Waals surface area contributed by atoms with Crippen LogP contribution in [-0.2, 0) is 4.79 Å². The van der Waals surface area contributed by atoms with Gasteiger partial charge in [0.25, 0.3) is 0 Å². The van der Waals surface area contributed by atoms with Gasteiger partial charge in [0.15, 0.2) is 0 Å². The van der Waals surface area contributed by atoms with Gasteiger partial charge in [-0.05, 0) is 30.9 Å². The molecule has 1 aliphatic heterocycles. The summed E-state index contributed by atoms with van der Waals surface area (Å²) >= 11 is 0. The number of carbonyl (C=O) groups is 2. The quantitative estimate of drug-likeness (QED) is 0.826. The van der Waals surface area contributed by atoms with Gasteiger partial charge in [0.1, 0.15) is 6.04 Å². The Morgan fingerprint density at radius 1 is 1.28 bits per heavy atom. The van der Waals surface area contributed by atoms with Crippen molar-refractivity contribution in [3.63, 3.8) is 0 Å². The van der Waals surface area contributed by atoms with E-state index in [1.54, 1.807) is 42.4 Å². The molecule has 0 aliphatic carbocycles. The normalized spacial score (nSPS) is 16.0. The van der Waals surface area contributed by atoms with E-state index in [-0.39, 0.29) is 29.8 Å². The zero-order valence-corrected chi connectivity index (χ0v) is 17.3. The van der Waals surface area contributed by atoms with Gasteiger partial charge in [-0.25, -0.2) is 4.79 Å². The minimum absolute atomic E-state index is 0.0160. The molecule has 0 aromatic carbocycles. The molecule has 156 valence electrons. The molecule has 2 aromatic rings. The van der Waals surface area contributed by atoms with Gasteiger partial charge >= 0.3 is 6.03 Å². The summed E-state index contributed by atoms with van der Waals surface area (Å²) in [5, 5.41) is 7.10. The average molecular weight is 400 g/mol. The lowest BCUT2D eigenvalue weighted by Gasteiger charge is -2.33. The summed E-state index contributed by atoms with van der Waals surface area (Å²) in [7, 11) is 3.47. The number of nitrogens with zero attached hydrogens (tertiary/aromatic N) is 5. The van der Waals surface area contributed by atoms with Crippen LogP contribution in [0.4, 0.5) is 4.79 Å². The first-order valence-electron chi connectivity index (χ1n) is 9.87. The number of likely N-dealkylation sites (tertiary alicyclic amines) is 1. The van der Waals surface area contributed by atoms with Crippen LogP contribution in [0, 0.1) is 11.8 Å². The maximum Gasteiger partial charge on any atom is 0.319 e. The molecule has 29 heavy (non-hydrogen) atoms. The van der Waals surface area contributed by atoms with E-state index in [0.29, 0.717) is 37.6 Å². The Balaban J connectivity index is 1.63. The molecule has 1 fully saturated rings. The number of amides is 3. The highest BCUT2D eigenvalue weighted by Crippen LogP contribution is 2.25. The summed E-state index contributed by atoms with van der Waals surface area (Å²) < 4.78 is 5.44. The third kappa shape index (κ3) is 4.90. The van der Waals surface area contributed by atoms with Crippen molar-refractivity contribution in [2.45, 2.75) is 32.7 Å². The summed E-state index contributed by atoms with van der Waals surface area (Å²) in [6.07, 6.45) is 4.63. The van der Waals surface area contributed by atoms with Gasteiger partial charge in [-0.1, -0.05) is 19.0 Å². The van der Waals surface area contributed by atoms with Crippen LogP contribution in [0.5, 0.6) is 0 Å². The third-order valence-electron chi connectivity index (χ3n) is 5.11. The van der Waals surface area contributed by atoms with Crippen LogP contribution in [0.25, 0.3) is 11.4 Å². The number of rotatable bonds is 5. The molecule has 0 radical (unpaired) electrons. The van der Waals surface area contributed by atoms with Crippen LogP contribution < -0.4 is 5.32 Å². The summed E-state index contributed by atoms with van der Waals surface area (Å²) in [5.74, 6) is 0.734. The van der Waals surface area contributed by atoms with E-state index in [1.165, 1.54) is 0 Å². The second-order valence-corrected chi connectivity index (χ2v) is 7.87. The molecule has 1 N–H and O–H groups in total. The smallest absolute Gasteiger partial charge is 0.319 e. The monoisotopic (exact) mass is 400 g/mol. The Labute approximate surface area is 170 Å². The Kier molecular flexibility index (Phi) is 6.46. The Morgan fingerprint density at radius 3 is 2.59 bits per heavy atom. The van der Waals surface area contributed by atoms with Gasteiger partial charge in [0.05, 0.1) is 0 Å². The van der Waals surface area contributed by atoms with Gasteiger partial charge in [0.2, 0.25) is 17.6 Å². The highest BCUT2D eigenvalue weighted by molar-refractivity contribution is 5.80. The van der Waals surface area contributed by atoms with E-state index < -0.39 is 0 Å². The van der Waals surface area contributed by atoms with Gasteiger partial charge in [-0.15, -0.1) is 0 Å². The van der Waals surface area contributed by atoms with Gasteiger partial charge in [-0.3, -0.25) is 9.78 Å². The molecule has 3 rings (SSSR count). The first kappa shape index (κ1) is 20.8. The van der Waals surface area contributed by atoms with E-state index in [9.17, 15) is 9.59 Å². The number of nitrogens with one attached hydrogen (secondary N) is 1. The molecular formula is C20H28N6O3. The van der Waals surface area contributed by atoms with Crippen molar-refractivity contribution >= 4 is 11.9 Å². The van der Waals surface area contributed by atoms with Gasteiger partial charge < -0.3 is 19.6 Å². The SMILES string of the molecule is CC(C)C(NC(=O)C1CCN(C(=O)N(C)C)CC1)c1nc(-c2cccnc2)no1. The number of pyridine rings is 1. The fraction of sp³-hybridized carbons (Fsp3) is 0.550. The van der Waals surface area contributed by atoms with Crippen molar-refractivity contribution in [2.24, 2.45) is 11.8 Å². The first-order valence-corrected chi connectivity index (χ1v) is 9.87. The lowest BCUT2D eigenvalue weighted by molar-refractivity contribution is -0.127. The van der Waals surface area contributed by atoms with E-state index >= 15 is 0 Å². The lowest BCUT2D eigenvalue weighted by Crippen LogP contribution is -2.47. The predicted molar refractivity (Wildman–Crippen MR) is 107 cm³/mol. The molecule has 1 aliphatic rings. The molecule has 1 saturated heterocycles. The largest absolute Gasteiger partial charge is 0.344 e. The minimum Gasteiger partial charge on any atom is -0.344 e. The van der Waals surface area contributed by atoms with Crippen LogP contribution in [-0.4, -0.2) is 64.0 Å². The number of aromatic nitrogens is 3. The molecule has 0 bridgehead atoms. The predicted octanol–water partition coefficient (Wildman–Crippen LogP) is 2.34. The average Bonchev–Trinajstić information content (AvgIpc) is 3.21. The fourth-order valence-corrected chi connectivity index (χ4v) is 3.37. The van der Waals surface area contributed by atoms with Crippen LogP contribution in [0.15, 0.2) is 29.0 Å². The molecule has 0 saturated carbocycles. The number of urea groups is 1. The van der Waals surface area contributed by atoms with Crippen LogP contribution in [0.3, 0.4) is 0 Å². The summed E-state index contributed by atoms with van der Waals surface area (Å²) in [6.45, 7) is 5.15. The van der Waals surface area contributed by atoms with Crippen LogP contribution >= 0.6 is 0 Å². The highest BCUT2D eigenvalue weighted by Gasteiger charge is 2.31. The zero-order chi connectivity index (χ0) is 21.0. The Bertz CT molecular complexity index is 828. The van der Waals surface area contributed by atoms with E-state index in [4.69, 9.17) is 4.52 Å². The second-order valence-electron chi connectivity index (χ2n) is 7.87. The van der Waals surface area contributed by atoms with Crippen molar-refractivity contribution in [1.29, 1.82) is 0 Å². The number of piperidine rings is 1. The number of hydrogen-bond donors (Lipinski definition) is 1. The van der Waals surface area contributed by atoms with Crippen molar-refractivity contribution < 1.29 is 14.1 Å². The molecule has 9 nitrogen and oxygen atoms in total. The van der Waals surface area contributed by atoms with Crippen LogP contribution in [0.1, 0.15) is 38.6 Å². The Morgan fingerprint density at radius 2 is 2.00 bits per heavy atom. The number of hydrogen-bond acceptors (Lipinski definition) is 6. The summed E-state index contributed by atoms with van der Waals surface area (Å²) in [4.78, 5) is 36.8. The molecule has 0 spiro atoms. The third-order valence-corrected chi connectivity index (χ3v) is 5.11. The molecule has 3 amide bonds. The molecule has 2 aromatic heterocycles. The highest BCUT2D eigenvalue weighted by atomic mass is 16.5. The van der Waals surface area contributed by atoms with Crippen molar-refractivity contribution in [1.82, 2.24) is 30.2 Å². The molecule has 1 unspecified atom stereocenters. The number of carbonyl (C=O) groups excluding carboxylic acids is 2. The molecular weight excluding hydrogens is 372 g/mol. The first-order chi connectivity index (χ1) is 13.9. The Hall–Kier alpha value is -2.97. The molecule has 3 heterocycles. The topological polar surface area (TPSA) is 104 Å². The second kappa shape index (κ2) is 9.02. The van der Waals surface area contributed by atoms with E-state index in [2.05, 4.69) is 20.4 Å². The van der Waals surface area contributed by atoms with Crippen molar-refractivity contribution in [2.75, 3.05) is 27.2 Å². The van der Waals surface area contributed by atoms with E-state index in [0.717, 1.165) is 5.56 Å². The maximum absolute atomic E-state index is 12.8. The molecule has 9 heteroatoms. The minimum atomic E-state index is -0.373. The van der Waals surface area contributed by atoms with Crippen LogP contribution in [0.2, 0.25) is 0 Å². The lowest BCUT2D eigenvalue weighted by atomic mass is 9.94. The maximum atomic E-state index is 12.8. The summed E-state index contributed by atoms with van der Waals surface area (Å²) in [6, 6.07) is 3.27. The van der Waals surface area contributed by atoms with Gasteiger partial charge in [0, 0.05) is 51.1 Å². The zero-order valence-electron chi connectivity index (χ0n) is 17.3. The van der Waals surface area contributed by atoms with E-state index in [1.807, 2.05) is 19.9 Å². The summed E-state index contributed by atoms with van der Waals surface area (Å²) in [5.41, 5.74) is 0.759. The van der Waals surface area contributed by atoms with Crippen molar-refractivity contribution in [3.05, 3.63) is 30.4 Å².